The van der Waals surface area contributed by atoms with E-state index in [-0.39, 0.29) is 10.6 Å². The van der Waals surface area contributed by atoms with Gasteiger partial charge in [-0.25, -0.2) is 13.1 Å². The van der Waals surface area contributed by atoms with Crippen molar-refractivity contribution in [3.05, 3.63) is 22.7 Å². The minimum Gasteiger partial charge on any atom is -0.398 e. The Morgan fingerprint density at radius 1 is 1.35 bits per heavy atom. The van der Waals surface area contributed by atoms with Crippen molar-refractivity contribution in [1.29, 1.82) is 0 Å². The van der Waals surface area contributed by atoms with Gasteiger partial charge in [-0.15, -0.1) is 0 Å². The third kappa shape index (κ3) is 5.07. The van der Waals surface area contributed by atoms with E-state index in [1.165, 1.54) is 6.07 Å². The van der Waals surface area contributed by atoms with Gasteiger partial charge in [-0.1, -0.05) is 49.0 Å². The van der Waals surface area contributed by atoms with Gasteiger partial charge in [0.05, 0.1) is 5.69 Å². The van der Waals surface area contributed by atoms with Crippen LogP contribution in [0.2, 0.25) is 0 Å². The zero-order chi connectivity index (χ0) is 15.2. The molecule has 0 saturated heterocycles. The first-order valence-electron chi connectivity index (χ1n) is 6.95. The maximum absolute atomic E-state index is 12.3. The molecule has 0 amide bonds. The first-order chi connectivity index (χ1) is 9.40. The van der Waals surface area contributed by atoms with E-state index in [9.17, 15) is 8.42 Å². The number of nitrogens with two attached hydrogens (primary N) is 1. The summed E-state index contributed by atoms with van der Waals surface area (Å²) in [5.74, 6) is 0.376. The predicted octanol–water partition coefficient (Wildman–Crippen LogP) is 3.53. The van der Waals surface area contributed by atoms with Crippen molar-refractivity contribution >= 4 is 31.6 Å². The van der Waals surface area contributed by atoms with E-state index in [0.717, 1.165) is 30.2 Å². The summed E-state index contributed by atoms with van der Waals surface area (Å²) in [5.41, 5.74) is 6.04. The zero-order valence-corrected chi connectivity index (χ0v) is 14.4. The number of sulfonamides is 1. The van der Waals surface area contributed by atoms with Gasteiger partial charge < -0.3 is 5.73 Å². The fourth-order valence-electron chi connectivity index (χ4n) is 2.01. The number of anilines is 1. The summed E-state index contributed by atoms with van der Waals surface area (Å²) in [6.45, 7) is 4.69. The van der Waals surface area contributed by atoms with Gasteiger partial charge >= 0.3 is 0 Å². The van der Waals surface area contributed by atoms with Crippen LogP contribution in [0.3, 0.4) is 0 Å². The number of nitrogens with one attached hydrogen (secondary N) is 1. The standard InChI is InChI=1S/C14H23BrN2O2S/c1-3-5-6-11(4-2)10-17-20(18,19)14-8-7-12(15)9-13(14)16/h7-9,11,17H,3-6,10,16H2,1-2H3. The molecule has 3 N–H and O–H groups in total. The lowest BCUT2D eigenvalue weighted by Gasteiger charge is -2.16. The maximum Gasteiger partial charge on any atom is 0.242 e. The average molecular weight is 363 g/mol. The third-order valence-corrected chi connectivity index (χ3v) is 5.36. The monoisotopic (exact) mass is 362 g/mol. The fraction of sp³-hybridized carbons (Fsp3) is 0.571. The summed E-state index contributed by atoms with van der Waals surface area (Å²) in [6.07, 6.45) is 4.27. The van der Waals surface area contributed by atoms with Crippen LogP contribution in [0, 0.1) is 5.92 Å². The van der Waals surface area contributed by atoms with E-state index in [1.807, 2.05) is 0 Å². The summed E-state index contributed by atoms with van der Waals surface area (Å²) in [5, 5.41) is 0. The summed E-state index contributed by atoms with van der Waals surface area (Å²) >= 11 is 3.27. The lowest BCUT2D eigenvalue weighted by atomic mass is 10.00. The number of rotatable bonds is 8. The van der Waals surface area contributed by atoms with Crippen molar-refractivity contribution < 1.29 is 8.42 Å². The van der Waals surface area contributed by atoms with E-state index in [4.69, 9.17) is 5.73 Å². The molecule has 0 spiro atoms. The predicted molar refractivity (Wildman–Crippen MR) is 87.0 cm³/mol. The molecule has 0 heterocycles. The van der Waals surface area contributed by atoms with Crippen LogP contribution in [-0.2, 0) is 10.0 Å². The average Bonchev–Trinajstić information content (AvgIpc) is 2.38. The molecule has 20 heavy (non-hydrogen) atoms. The van der Waals surface area contributed by atoms with Gasteiger partial charge in [-0.3, -0.25) is 0 Å². The van der Waals surface area contributed by atoms with Crippen LogP contribution in [0.1, 0.15) is 39.5 Å². The van der Waals surface area contributed by atoms with Crippen molar-refractivity contribution in [2.75, 3.05) is 12.3 Å². The van der Waals surface area contributed by atoms with Crippen LogP contribution in [-0.4, -0.2) is 15.0 Å². The number of halogens is 1. The summed E-state index contributed by atoms with van der Waals surface area (Å²) < 4.78 is 27.9. The highest BCUT2D eigenvalue weighted by Crippen LogP contribution is 2.23. The van der Waals surface area contributed by atoms with Crippen molar-refractivity contribution in [1.82, 2.24) is 4.72 Å². The Bertz CT molecular complexity index is 532. The van der Waals surface area contributed by atoms with Gasteiger partial charge in [0.1, 0.15) is 4.90 Å². The molecule has 4 nitrogen and oxygen atoms in total. The fourth-order valence-corrected chi connectivity index (χ4v) is 3.62. The molecule has 0 aliphatic rings. The highest BCUT2D eigenvalue weighted by Gasteiger charge is 2.18. The van der Waals surface area contributed by atoms with Crippen molar-refractivity contribution in [3.8, 4) is 0 Å². The van der Waals surface area contributed by atoms with Crippen LogP contribution in [0.4, 0.5) is 5.69 Å². The Morgan fingerprint density at radius 2 is 2.05 bits per heavy atom. The first-order valence-corrected chi connectivity index (χ1v) is 9.23. The van der Waals surface area contributed by atoms with E-state index in [0.29, 0.717) is 12.5 Å². The van der Waals surface area contributed by atoms with Gasteiger partial charge in [0.15, 0.2) is 0 Å². The number of unbranched alkanes of at least 4 members (excludes halogenated alkanes) is 1. The SMILES string of the molecule is CCCCC(CC)CNS(=O)(=O)c1ccc(Br)cc1N. The quantitative estimate of drug-likeness (QED) is 0.694. The molecule has 1 aromatic rings. The number of hydrogen-bond donors (Lipinski definition) is 2. The molecule has 1 rings (SSSR count). The van der Waals surface area contributed by atoms with E-state index < -0.39 is 10.0 Å². The minimum atomic E-state index is -3.53. The normalized spacial score (nSPS) is 13.3. The molecular weight excluding hydrogens is 340 g/mol. The van der Waals surface area contributed by atoms with E-state index in [2.05, 4.69) is 34.5 Å². The second-order valence-corrected chi connectivity index (χ2v) is 7.60. The van der Waals surface area contributed by atoms with Gasteiger partial charge in [0, 0.05) is 11.0 Å². The number of nitrogen functional groups attached to an aromatic ring is 1. The Balaban J connectivity index is 2.74. The van der Waals surface area contributed by atoms with Crippen LogP contribution in [0.5, 0.6) is 0 Å². The van der Waals surface area contributed by atoms with Crippen molar-refractivity contribution in [2.24, 2.45) is 5.92 Å². The maximum atomic E-state index is 12.3. The van der Waals surface area contributed by atoms with E-state index >= 15 is 0 Å². The molecular formula is C14H23BrN2O2S. The Hall–Kier alpha value is -0.590. The topological polar surface area (TPSA) is 72.2 Å². The largest absolute Gasteiger partial charge is 0.398 e. The molecule has 0 fully saturated rings. The van der Waals surface area contributed by atoms with Gasteiger partial charge in [0.25, 0.3) is 0 Å². The minimum absolute atomic E-state index is 0.144. The molecule has 6 heteroatoms. The lowest BCUT2D eigenvalue weighted by molar-refractivity contribution is 0.444. The third-order valence-electron chi connectivity index (χ3n) is 3.37. The Kier molecular flexibility index (Phi) is 6.99. The highest BCUT2D eigenvalue weighted by atomic mass is 79.9. The molecule has 114 valence electrons. The number of benzene rings is 1. The smallest absolute Gasteiger partial charge is 0.242 e. The van der Waals surface area contributed by atoms with Crippen LogP contribution >= 0.6 is 15.9 Å². The molecule has 0 bridgehead atoms. The van der Waals surface area contributed by atoms with Crippen LogP contribution in [0.15, 0.2) is 27.6 Å². The molecule has 1 unspecified atom stereocenters. The summed E-state index contributed by atoms with van der Waals surface area (Å²) in [7, 11) is -3.53. The second kappa shape index (κ2) is 8.00. The van der Waals surface area contributed by atoms with Crippen molar-refractivity contribution in [2.45, 2.75) is 44.4 Å². The molecule has 1 atom stereocenters. The van der Waals surface area contributed by atoms with Crippen LogP contribution < -0.4 is 10.5 Å². The van der Waals surface area contributed by atoms with Crippen LogP contribution in [0.25, 0.3) is 0 Å². The summed E-state index contributed by atoms with van der Waals surface area (Å²) in [6, 6.07) is 4.80. The lowest BCUT2D eigenvalue weighted by Crippen LogP contribution is -2.29. The molecule has 0 aromatic heterocycles. The Morgan fingerprint density at radius 3 is 2.60 bits per heavy atom. The highest BCUT2D eigenvalue weighted by molar-refractivity contribution is 9.10. The molecule has 0 saturated carbocycles. The zero-order valence-electron chi connectivity index (χ0n) is 12.0. The van der Waals surface area contributed by atoms with Crippen molar-refractivity contribution in [3.63, 3.8) is 0 Å². The number of hydrogen-bond acceptors (Lipinski definition) is 3. The van der Waals surface area contributed by atoms with Gasteiger partial charge in [-0.05, 0) is 30.5 Å². The molecule has 0 aliphatic carbocycles. The van der Waals surface area contributed by atoms with Gasteiger partial charge in [0.2, 0.25) is 10.0 Å². The van der Waals surface area contributed by atoms with E-state index in [1.54, 1.807) is 12.1 Å². The molecule has 0 aliphatic heterocycles. The Labute approximate surface area is 130 Å². The first kappa shape index (κ1) is 17.5. The molecule has 0 radical (unpaired) electrons. The molecule has 1 aromatic carbocycles. The summed E-state index contributed by atoms with van der Waals surface area (Å²) in [4.78, 5) is 0.144. The van der Waals surface area contributed by atoms with Gasteiger partial charge in [-0.2, -0.15) is 0 Å². The second-order valence-electron chi connectivity index (χ2n) is 4.95.